The summed E-state index contributed by atoms with van der Waals surface area (Å²) in [4.78, 5) is 10.8. The minimum atomic E-state index is -3.17. The van der Waals surface area contributed by atoms with Crippen molar-refractivity contribution < 1.29 is 22.7 Å². The molecule has 0 aliphatic heterocycles. The van der Waals surface area contributed by atoms with E-state index in [2.05, 4.69) is 0 Å². The number of unbranched alkanes of at least 4 members (excludes halogenated alkanes) is 1. The second-order valence-corrected chi connectivity index (χ2v) is 5.88. The molecular weight excluding hydrogens is 232 g/mol. The van der Waals surface area contributed by atoms with Crippen LogP contribution < -0.4 is 0 Å². The van der Waals surface area contributed by atoms with Crippen molar-refractivity contribution in [3.63, 3.8) is 0 Å². The number of ether oxygens (including phenoxy) is 2. The Morgan fingerprint density at radius 2 is 2.00 bits per heavy atom. The van der Waals surface area contributed by atoms with Crippen molar-refractivity contribution in [3.05, 3.63) is 0 Å². The largest absolute Gasteiger partial charge is 0.459 e. The minimum Gasteiger partial charge on any atom is -0.459 e. The van der Waals surface area contributed by atoms with Crippen LogP contribution in [0.3, 0.4) is 0 Å². The number of hydrogen-bond donors (Lipinski definition) is 0. The molecule has 0 aliphatic rings. The molecule has 0 spiro atoms. The molecule has 0 saturated carbocycles. The van der Waals surface area contributed by atoms with Gasteiger partial charge in [-0.25, -0.2) is 8.42 Å². The van der Waals surface area contributed by atoms with Gasteiger partial charge in [0.15, 0.2) is 9.84 Å². The van der Waals surface area contributed by atoms with E-state index >= 15 is 0 Å². The maximum absolute atomic E-state index is 11.6. The standard InChI is InChI=1S/C10H20O5S/c1-4-5-6-16(12,13)8-10(7-14-3)15-9(2)11/h10H,4-8H2,1-3H3/t10-/m1/s1. The lowest BCUT2D eigenvalue weighted by Gasteiger charge is -2.15. The summed E-state index contributed by atoms with van der Waals surface area (Å²) >= 11 is 0. The lowest BCUT2D eigenvalue weighted by molar-refractivity contribution is -0.147. The summed E-state index contributed by atoms with van der Waals surface area (Å²) in [6.07, 6.45) is 0.744. The minimum absolute atomic E-state index is 0.102. The van der Waals surface area contributed by atoms with Crippen LogP contribution in [0.2, 0.25) is 0 Å². The van der Waals surface area contributed by atoms with Gasteiger partial charge in [-0.1, -0.05) is 13.3 Å². The van der Waals surface area contributed by atoms with Crippen molar-refractivity contribution in [3.8, 4) is 0 Å². The number of esters is 1. The van der Waals surface area contributed by atoms with E-state index < -0.39 is 21.9 Å². The van der Waals surface area contributed by atoms with E-state index in [1.807, 2.05) is 6.92 Å². The molecule has 6 heteroatoms. The van der Waals surface area contributed by atoms with Crippen LogP contribution in [0.1, 0.15) is 26.7 Å². The van der Waals surface area contributed by atoms with Gasteiger partial charge in [0.2, 0.25) is 0 Å². The normalized spacial score (nSPS) is 13.4. The maximum atomic E-state index is 11.6. The number of rotatable bonds is 8. The van der Waals surface area contributed by atoms with E-state index in [4.69, 9.17) is 9.47 Å². The summed E-state index contributed by atoms with van der Waals surface area (Å²) in [6.45, 7) is 3.28. The zero-order valence-corrected chi connectivity index (χ0v) is 10.9. The second kappa shape index (κ2) is 7.62. The predicted octanol–water partition coefficient (Wildman–Crippen LogP) is 0.779. The topological polar surface area (TPSA) is 69.7 Å². The van der Waals surface area contributed by atoms with Crippen LogP contribution in [-0.2, 0) is 24.1 Å². The summed E-state index contributed by atoms with van der Waals surface area (Å²) in [7, 11) is -1.73. The summed E-state index contributed by atoms with van der Waals surface area (Å²) in [5, 5.41) is 0. The molecule has 0 N–H and O–H groups in total. The Balaban J connectivity index is 4.31. The molecule has 0 fully saturated rings. The van der Waals surface area contributed by atoms with Crippen LogP contribution in [0.4, 0.5) is 0 Å². The van der Waals surface area contributed by atoms with Gasteiger partial charge >= 0.3 is 5.97 Å². The van der Waals surface area contributed by atoms with E-state index in [9.17, 15) is 13.2 Å². The third kappa shape index (κ3) is 7.64. The van der Waals surface area contributed by atoms with Crippen molar-refractivity contribution in [2.24, 2.45) is 0 Å². The van der Waals surface area contributed by atoms with Gasteiger partial charge in [-0.3, -0.25) is 4.79 Å². The molecule has 0 radical (unpaired) electrons. The molecule has 0 rings (SSSR count). The average Bonchev–Trinajstić information content (AvgIpc) is 2.13. The molecule has 0 unspecified atom stereocenters. The van der Waals surface area contributed by atoms with E-state index in [1.54, 1.807) is 0 Å². The lowest BCUT2D eigenvalue weighted by Crippen LogP contribution is -2.31. The molecule has 1 atom stereocenters. The van der Waals surface area contributed by atoms with Gasteiger partial charge in [-0.05, 0) is 6.42 Å². The Morgan fingerprint density at radius 1 is 1.38 bits per heavy atom. The molecule has 5 nitrogen and oxygen atoms in total. The van der Waals surface area contributed by atoms with E-state index in [0.717, 1.165) is 6.42 Å². The highest BCUT2D eigenvalue weighted by Gasteiger charge is 2.21. The van der Waals surface area contributed by atoms with E-state index in [-0.39, 0.29) is 18.1 Å². The van der Waals surface area contributed by atoms with Gasteiger partial charge in [0, 0.05) is 14.0 Å². The van der Waals surface area contributed by atoms with Crippen molar-refractivity contribution >= 4 is 15.8 Å². The number of carbonyl (C=O) groups excluding carboxylic acids is 1. The van der Waals surface area contributed by atoms with Crippen molar-refractivity contribution in [2.45, 2.75) is 32.8 Å². The smallest absolute Gasteiger partial charge is 0.303 e. The van der Waals surface area contributed by atoms with E-state index in [1.165, 1.54) is 14.0 Å². The summed E-state index contributed by atoms with van der Waals surface area (Å²) < 4.78 is 32.9. The summed E-state index contributed by atoms with van der Waals surface area (Å²) in [5.74, 6) is -0.529. The third-order valence-electron chi connectivity index (χ3n) is 1.93. The number of hydrogen-bond acceptors (Lipinski definition) is 5. The van der Waals surface area contributed by atoms with Gasteiger partial charge < -0.3 is 9.47 Å². The molecule has 0 aliphatic carbocycles. The number of methoxy groups -OCH3 is 1. The first kappa shape index (κ1) is 15.4. The van der Waals surface area contributed by atoms with Gasteiger partial charge in [0.05, 0.1) is 18.1 Å². The second-order valence-electron chi connectivity index (χ2n) is 3.65. The van der Waals surface area contributed by atoms with Gasteiger partial charge in [-0.2, -0.15) is 0 Å². The highest BCUT2D eigenvalue weighted by Crippen LogP contribution is 2.04. The molecule has 16 heavy (non-hydrogen) atoms. The van der Waals surface area contributed by atoms with Crippen LogP contribution in [0.5, 0.6) is 0 Å². The fraction of sp³-hybridized carbons (Fsp3) is 0.900. The zero-order valence-electron chi connectivity index (χ0n) is 10.1. The van der Waals surface area contributed by atoms with Crippen LogP contribution in [0, 0.1) is 0 Å². The van der Waals surface area contributed by atoms with Crippen LogP contribution >= 0.6 is 0 Å². The number of carbonyl (C=O) groups is 1. The maximum Gasteiger partial charge on any atom is 0.303 e. The van der Waals surface area contributed by atoms with Crippen molar-refractivity contribution in [2.75, 3.05) is 25.2 Å². The van der Waals surface area contributed by atoms with Gasteiger partial charge in [-0.15, -0.1) is 0 Å². The molecule has 0 saturated heterocycles. The van der Waals surface area contributed by atoms with E-state index in [0.29, 0.717) is 6.42 Å². The number of sulfone groups is 1. The van der Waals surface area contributed by atoms with Crippen LogP contribution in [-0.4, -0.2) is 45.7 Å². The van der Waals surface area contributed by atoms with Crippen LogP contribution in [0.15, 0.2) is 0 Å². The first-order valence-electron chi connectivity index (χ1n) is 5.28. The van der Waals surface area contributed by atoms with Crippen molar-refractivity contribution in [1.82, 2.24) is 0 Å². The molecule has 0 aromatic heterocycles. The Morgan fingerprint density at radius 3 is 2.44 bits per heavy atom. The molecule has 0 amide bonds. The third-order valence-corrected chi connectivity index (χ3v) is 3.72. The van der Waals surface area contributed by atoms with Crippen LogP contribution in [0.25, 0.3) is 0 Å². The SMILES string of the molecule is CCCCS(=O)(=O)C[C@@H](COC)OC(C)=O. The predicted molar refractivity (Wildman–Crippen MR) is 61.0 cm³/mol. The Labute approximate surface area is 97.0 Å². The highest BCUT2D eigenvalue weighted by atomic mass is 32.2. The first-order chi connectivity index (χ1) is 7.41. The Bertz CT molecular complexity index is 296. The monoisotopic (exact) mass is 252 g/mol. The fourth-order valence-corrected chi connectivity index (χ4v) is 2.89. The Kier molecular flexibility index (Phi) is 7.33. The zero-order chi connectivity index (χ0) is 12.6. The molecular formula is C10H20O5S. The quantitative estimate of drug-likeness (QED) is 0.597. The van der Waals surface area contributed by atoms with Crippen molar-refractivity contribution in [1.29, 1.82) is 0 Å². The summed E-state index contributed by atoms with van der Waals surface area (Å²) in [5.41, 5.74) is 0. The molecule has 0 aromatic carbocycles. The Hall–Kier alpha value is -0.620. The molecule has 0 aromatic rings. The van der Waals surface area contributed by atoms with Gasteiger partial charge in [0.1, 0.15) is 6.10 Å². The highest BCUT2D eigenvalue weighted by molar-refractivity contribution is 7.91. The first-order valence-corrected chi connectivity index (χ1v) is 7.10. The molecule has 0 bridgehead atoms. The summed E-state index contributed by atoms with van der Waals surface area (Å²) in [6, 6.07) is 0. The fourth-order valence-electron chi connectivity index (χ4n) is 1.27. The average molecular weight is 252 g/mol. The lowest BCUT2D eigenvalue weighted by atomic mass is 10.4. The van der Waals surface area contributed by atoms with Gasteiger partial charge in [0.25, 0.3) is 0 Å². The molecule has 96 valence electrons. The molecule has 0 heterocycles.